The van der Waals surface area contributed by atoms with Crippen LogP contribution in [0.3, 0.4) is 0 Å². The fourth-order valence-electron chi connectivity index (χ4n) is 6.64. The second kappa shape index (κ2) is 10.4. The van der Waals surface area contributed by atoms with E-state index in [9.17, 15) is 14.0 Å². The van der Waals surface area contributed by atoms with Crippen molar-refractivity contribution in [2.75, 3.05) is 6.61 Å². The Hall–Kier alpha value is -3.22. The highest BCUT2D eigenvalue weighted by Gasteiger charge is 2.54. The highest BCUT2D eigenvalue weighted by Crippen LogP contribution is 2.53. The van der Waals surface area contributed by atoms with Crippen molar-refractivity contribution in [2.45, 2.75) is 51.7 Å². The number of nitrogens with one attached hydrogen (secondary N) is 1. The highest BCUT2D eigenvalue weighted by molar-refractivity contribution is 5.75. The summed E-state index contributed by atoms with van der Waals surface area (Å²) < 4.78 is 24.3. The number of allylic oxidation sites excluding steroid dienone is 1. The van der Waals surface area contributed by atoms with E-state index in [1.165, 1.54) is 12.1 Å². The number of carbonyl (C=O) groups is 2. The lowest BCUT2D eigenvalue weighted by Crippen LogP contribution is -2.48. The average Bonchev–Trinajstić information content (AvgIpc) is 3.15. The summed E-state index contributed by atoms with van der Waals surface area (Å²) in [5.74, 6) is 0.629. The molecular weight excluding hydrogens is 459 g/mol. The number of rotatable bonds is 5. The molecule has 7 heteroatoms. The van der Waals surface area contributed by atoms with E-state index in [-0.39, 0.29) is 47.8 Å². The fraction of sp³-hybridized carbons (Fsp3) is 0.483. The minimum atomic E-state index is -0.368. The topological polar surface area (TPSA) is 77.5 Å². The number of benzene rings is 1. The van der Waals surface area contributed by atoms with Crippen molar-refractivity contribution in [3.05, 3.63) is 60.2 Å². The van der Waals surface area contributed by atoms with Gasteiger partial charge in [-0.1, -0.05) is 24.3 Å². The molecule has 1 N–H and O–H groups in total. The summed E-state index contributed by atoms with van der Waals surface area (Å²) in [5.41, 5.74) is 2.48. The van der Waals surface area contributed by atoms with E-state index in [0.29, 0.717) is 18.4 Å². The molecule has 0 radical (unpaired) electrons. The minimum absolute atomic E-state index is 0.0679. The van der Waals surface area contributed by atoms with Gasteiger partial charge in [-0.2, -0.15) is 0 Å². The van der Waals surface area contributed by atoms with E-state index in [0.717, 1.165) is 42.5 Å². The smallest absolute Gasteiger partial charge is 0.407 e. The van der Waals surface area contributed by atoms with Crippen LogP contribution in [0.5, 0.6) is 0 Å². The van der Waals surface area contributed by atoms with Crippen LogP contribution in [0.25, 0.3) is 17.2 Å². The number of carbonyl (C=O) groups excluding carboxylic acids is 2. The Morgan fingerprint density at radius 2 is 2.08 bits per heavy atom. The van der Waals surface area contributed by atoms with Gasteiger partial charge in [0.25, 0.3) is 0 Å². The van der Waals surface area contributed by atoms with Crippen molar-refractivity contribution in [1.29, 1.82) is 0 Å². The van der Waals surface area contributed by atoms with Crippen molar-refractivity contribution in [3.63, 3.8) is 0 Å². The van der Waals surface area contributed by atoms with Crippen molar-refractivity contribution in [3.8, 4) is 11.1 Å². The SMILES string of the molecule is CCOC(=O)N[C@H]1CC[C@H]2[C@@H](C1)C[C@@H]1C(=O)O[C@@H](C)[C@@H]1[C@H]2/C=C/c1ccc(-c2cccc(F)c2)cn1. The molecule has 1 amide bonds. The van der Waals surface area contributed by atoms with Crippen LogP contribution in [-0.2, 0) is 14.3 Å². The Balaban J connectivity index is 1.34. The van der Waals surface area contributed by atoms with Gasteiger partial charge < -0.3 is 14.8 Å². The van der Waals surface area contributed by atoms with Gasteiger partial charge in [-0.3, -0.25) is 9.78 Å². The van der Waals surface area contributed by atoms with E-state index >= 15 is 0 Å². The highest BCUT2D eigenvalue weighted by atomic mass is 19.1. The molecule has 7 atom stereocenters. The number of halogens is 1. The van der Waals surface area contributed by atoms with Crippen LogP contribution in [0.15, 0.2) is 48.7 Å². The first-order valence-electron chi connectivity index (χ1n) is 13.0. The molecule has 36 heavy (non-hydrogen) atoms. The number of cyclic esters (lactones) is 1. The van der Waals surface area contributed by atoms with Gasteiger partial charge in [0.1, 0.15) is 11.9 Å². The maximum Gasteiger partial charge on any atom is 0.407 e. The van der Waals surface area contributed by atoms with Gasteiger partial charge in [-0.05, 0) is 87.1 Å². The quantitative estimate of drug-likeness (QED) is 0.548. The van der Waals surface area contributed by atoms with Crippen LogP contribution >= 0.6 is 0 Å². The van der Waals surface area contributed by atoms with Crippen molar-refractivity contribution in [1.82, 2.24) is 10.3 Å². The number of hydrogen-bond acceptors (Lipinski definition) is 5. The number of esters is 1. The minimum Gasteiger partial charge on any atom is -0.462 e. The number of amides is 1. The van der Waals surface area contributed by atoms with Crippen molar-refractivity contribution < 1.29 is 23.5 Å². The van der Waals surface area contributed by atoms with Gasteiger partial charge in [-0.25, -0.2) is 9.18 Å². The number of aromatic nitrogens is 1. The third kappa shape index (κ3) is 5.01. The summed E-state index contributed by atoms with van der Waals surface area (Å²) in [6.45, 7) is 4.15. The number of nitrogens with zero attached hydrogens (tertiary/aromatic N) is 1. The third-order valence-electron chi connectivity index (χ3n) is 8.18. The molecule has 6 nitrogen and oxygen atoms in total. The van der Waals surface area contributed by atoms with E-state index in [2.05, 4.69) is 16.4 Å². The van der Waals surface area contributed by atoms with Crippen LogP contribution < -0.4 is 5.32 Å². The molecule has 190 valence electrons. The molecule has 0 bridgehead atoms. The van der Waals surface area contributed by atoms with Crippen molar-refractivity contribution >= 4 is 18.1 Å². The molecule has 5 rings (SSSR count). The summed E-state index contributed by atoms with van der Waals surface area (Å²) in [4.78, 5) is 29.2. The molecule has 1 aromatic carbocycles. The van der Waals surface area contributed by atoms with Crippen LogP contribution in [0.4, 0.5) is 9.18 Å². The van der Waals surface area contributed by atoms with Crippen LogP contribution in [0.1, 0.15) is 45.2 Å². The molecule has 1 aliphatic heterocycles. The molecule has 0 unspecified atom stereocenters. The average molecular weight is 493 g/mol. The summed E-state index contributed by atoms with van der Waals surface area (Å²) >= 11 is 0. The molecule has 1 aromatic heterocycles. The van der Waals surface area contributed by atoms with Gasteiger partial charge in [0.15, 0.2) is 0 Å². The Kier molecular flexibility index (Phi) is 7.08. The maximum absolute atomic E-state index is 13.6. The molecule has 0 spiro atoms. The Labute approximate surface area is 211 Å². The Morgan fingerprint density at radius 3 is 2.83 bits per heavy atom. The Bertz CT molecular complexity index is 1130. The van der Waals surface area contributed by atoms with Crippen LogP contribution in [0.2, 0.25) is 0 Å². The lowest BCUT2D eigenvalue weighted by molar-refractivity contribution is -0.144. The number of pyridine rings is 1. The number of hydrogen-bond donors (Lipinski definition) is 1. The number of alkyl carbamates (subject to hydrolysis) is 1. The molecule has 1 saturated heterocycles. The maximum atomic E-state index is 13.6. The molecule has 2 heterocycles. The Morgan fingerprint density at radius 1 is 1.22 bits per heavy atom. The zero-order chi connectivity index (χ0) is 25.2. The first kappa shape index (κ1) is 24.5. The fourth-order valence-corrected chi connectivity index (χ4v) is 6.64. The standard InChI is InChI=1S/C29H33FN2O4/c1-3-35-29(34)32-23-10-11-24-20(14-23)15-26-27(17(2)36-28(26)33)25(24)12-9-22-8-7-19(16-31-22)18-5-4-6-21(30)13-18/h4-9,12-13,16-17,20,23-27H,3,10-11,14-15H2,1-2H3,(H,32,34)/b12-9+/t17-,20-,23-,24-,25-,26-,27+/m0/s1. The lowest BCUT2D eigenvalue weighted by Gasteiger charge is -2.47. The van der Waals surface area contributed by atoms with Crippen LogP contribution in [-0.4, -0.2) is 35.8 Å². The second-order valence-electron chi connectivity index (χ2n) is 10.3. The molecule has 2 aromatic rings. The zero-order valence-corrected chi connectivity index (χ0v) is 20.7. The van der Waals surface area contributed by atoms with Gasteiger partial charge in [0.05, 0.1) is 18.2 Å². The zero-order valence-electron chi connectivity index (χ0n) is 20.7. The van der Waals surface area contributed by atoms with E-state index in [1.807, 2.05) is 31.2 Å². The molecule has 3 aliphatic rings. The molecule has 2 aliphatic carbocycles. The van der Waals surface area contributed by atoms with E-state index in [1.54, 1.807) is 19.2 Å². The predicted octanol–water partition coefficient (Wildman–Crippen LogP) is 5.63. The van der Waals surface area contributed by atoms with Gasteiger partial charge in [0, 0.05) is 23.7 Å². The van der Waals surface area contributed by atoms with E-state index < -0.39 is 0 Å². The summed E-state index contributed by atoms with van der Waals surface area (Å²) in [6, 6.07) is 10.4. The lowest BCUT2D eigenvalue weighted by atomic mass is 9.57. The normalized spacial score (nSPS) is 31.4. The number of ether oxygens (including phenoxy) is 2. The molecular formula is C29H33FN2O4. The first-order valence-corrected chi connectivity index (χ1v) is 13.0. The van der Waals surface area contributed by atoms with E-state index in [4.69, 9.17) is 9.47 Å². The second-order valence-corrected chi connectivity index (χ2v) is 10.3. The summed E-state index contributed by atoms with van der Waals surface area (Å²) in [5, 5.41) is 3.00. The molecule has 3 fully saturated rings. The first-order chi connectivity index (χ1) is 17.4. The van der Waals surface area contributed by atoms with Gasteiger partial charge >= 0.3 is 12.1 Å². The third-order valence-corrected chi connectivity index (χ3v) is 8.18. The summed E-state index contributed by atoms with van der Waals surface area (Å²) in [6.07, 6.45) is 9.07. The van der Waals surface area contributed by atoms with Gasteiger partial charge in [-0.15, -0.1) is 0 Å². The monoisotopic (exact) mass is 492 g/mol. The molecule has 2 saturated carbocycles. The number of fused-ring (bicyclic) bond motifs is 2. The van der Waals surface area contributed by atoms with Crippen molar-refractivity contribution in [2.24, 2.45) is 29.6 Å². The largest absolute Gasteiger partial charge is 0.462 e. The van der Waals surface area contributed by atoms with Gasteiger partial charge in [0.2, 0.25) is 0 Å². The predicted molar refractivity (Wildman–Crippen MR) is 134 cm³/mol. The summed E-state index contributed by atoms with van der Waals surface area (Å²) in [7, 11) is 0. The van der Waals surface area contributed by atoms with Crippen LogP contribution in [0, 0.1) is 35.4 Å².